The number of hydrogen-bond donors (Lipinski definition) is 1. The van der Waals surface area contributed by atoms with Crippen molar-refractivity contribution in [3.63, 3.8) is 0 Å². The third-order valence-corrected chi connectivity index (χ3v) is 3.92. The van der Waals surface area contributed by atoms with Crippen molar-refractivity contribution in [3.05, 3.63) is 29.0 Å². The lowest BCUT2D eigenvalue weighted by molar-refractivity contribution is -0.129. The van der Waals surface area contributed by atoms with Gasteiger partial charge in [-0.1, -0.05) is 24.6 Å². The zero-order valence-electron chi connectivity index (χ0n) is 11.4. The number of hydrogen-bond acceptors (Lipinski definition) is 2. The quantitative estimate of drug-likeness (QED) is 0.912. The lowest BCUT2D eigenvalue weighted by Crippen LogP contribution is -2.55. The van der Waals surface area contributed by atoms with Crippen LogP contribution < -0.4 is 10.2 Å². The van der Waals surface area contributed by atoms with Crippen LogP contribution in [0.2, 0.25) is 5.02 Å². The highest BCUT2D eigenvalue weighted by atomic mass is 35.5. The molecule has 20 heavy (non-hydrogen) atoms. The van der Waals surface area contributed by atoms with Crippen LogP contribution in [0.3, 0.4) is 0 Å². The molecule has 1 aromatic rings. The van der Waals surface area contributed by atoms with Crippen molar-refractivity contribution in [1.29, 1.82) is 0 Å². The number of halogens is 2. The van der Waals surface area contributed by atoms with E-state index in [2.05, 4.69) is 5.32 Å². The summed E-state index contributed by atoms with van der Waals surface area (Å²) in [5, 5.41) is 2.66. The first kappa shape index (κ1) is 14.8. The monoisotopic (exact) mass is 298 g/mol. The molecular weight excluding hydrogens is 283 g/mol. The van der Waals surface area contributed by atoms with Gasteiger partial charge in [-0.2, -0.15) is 0 Å². The summed E-state index contributed by atoms with van der Waals surface area (Å²) >= 11 is 5.76. The molecule has 108 valence electrons. The van der Waals surface area contributed by atoms with Crippen molar-refractivity contribution in [2.24, 2.45) is 0 Å². The maximum atomic E-state index is 14.1. The van der Waals surface area contributed by atoms with E-state index in [4.69, 9.17) is 11.6 Å². The second-order valence-electron chi connectivity index (χ2n) is 5.01. The maximum absolute atomic E-state index is 14.1. The summed E-state index contributed by atoms with van der Waals surface area (Å²) in [7, 11) is 0. The Bertz CT molecular complexity index is 564. The highest BCUT2D eigenvalue weighted by Gasteiger charge is 2.40. The van der Waals surface area contributed by atoms with Gasteiger partial charge in [0, 0.05) is 13.0 Å². The highest BCUT2D eigenvalue weighted by Crippen LogP contribution is 2.29. The summed E-state index contributed by atoms with van der Waals surface area (Å²) in [6.45, 7) is 3.58. The van der Waals surface area contributed by atoms with Crippen LogP contribution in [0, 0.1) is 5.82 Å². The molecule has 2 amide bonds. The van der Waals surface area contributed by atoms with Gasteiger partial charge >= 0.3 is 0 Å². The highest BCUT2D eigenvalue weighted by molar-refractivity contribution is 6.31. The Kier molecular flexibility index (Phi) is 3.99. The second-order valence-corrected chi connectivity index (χ2v) is 5.42. The van der Waals surface area contributed by atoms with Crippen LogP contribution >= 0.6 is 11.6 Å². The second kappa shape index (κ2) is 5.40. The summed E-state index contributed by atoms with van der Waals surface area (Å²) in [5.74, 6) is -1.19. The molecule has 1 atom stereocenters. The minimum Gasteiger partial charge on any atom is -0.342 e. The van der Waals surface area contributed by atoms with E-state index in [0.717, 1.165) is 0 Å². The van der Waals surface area contributed by atoms with Crippen LogP contribution in [0.1, 0.15) is 26.7 Å². The molecule has 1 heterocycles. The van der Waals surface area contributed by atoms with Crippen molar-refractivity contribution in [2.75, 3.05) is 11.4 Å². The van der Waals surface area contributed by atoms with Gasteiger partial charge in [0.15, 0.2) is 5.82 Å². The Balaban J connectivity index is 2.47. The molecular formula is C14H16ClFN2O2. The molecule has 0 radical (unpaired) electrons. The molecule has 1 N–H and O–H groups in total. The molecule has 1 saturated heterocycles. The van der Waals surface area contributed by atoms with Crippen molar-refractivity contribution < 1.29 is 14.0 Å². The van der Waals surface area contributed by atoms with E-state index in [1.54, 1.807) is 19.9 Å². The van der Waals surface area contributed by atoms with Gasteiger partial charge in [0.05, 0.1) is 10.7 Å². The molecule has 0 bridgehead atoms. The number of carbonyl (C=O) groups excluding carboxylic acids is 2. The minimum atomic E-state index is -1.03. The van der Waals surface area contributed by atoms with Crippen molar-refractivity contribution >= 4 is 29.1 Å². The number of rotatable bonds is 2. The van der Waals surface area contributed by atoms with Crippen LogP contribution in [0.25, 0.3) is 0 Å². The first-order valence-electron chi connectivity index (χ1n) is 6.46. The average molecular weight is 299 g/mol. The molecule has 6 heteroatoms. The number of nitrogens with one attached hydrogen (secondary N) is 1. The number of benzene rings is 1. The largest absolute Gasteiger partial charge is 0.342 e. The zero-order valence-corrected chi connectivity index (χ0v) is 12.1. The molecule has 1 aliphatic rings. The maximum Gasteiger partial charge on any atom is 0.252 e. The molecule has 0 spiro atoms. The molecule has 0 aromatic heterocycles. The zero-order chi connectivity index (χ0) is 14.9. The average Bonchev–Trinajstić information content (AvgIpc) is 2.52. The number of anilines is 1. The van der Waals surface area contributed by atoms with Crippen molar-refractivity contribution in [1.82, 2.24) is 5.32 Å². The molecule has 4 nitrogen and oxygen atoms in total. The summed E-state index contributed by atoms with van der Waals surface area (Å²) in [6.07, 6.45) is 0.559. The van der Waals surface area contributed by atoms with Gasteiger partial charge in [0.2, 0.25) is 5.91 Å². The lowest BCUT2D eigenvalue weighted by Gasteiger charge is -2.31. The first-order valence-corrected chi connectivity index (χ1v) is 6.84. The Morgan fingerprint density at radius 1 is 1.45 bits per heavy atom. The van der Waals surface area contributed by atoms with E-state index in [0.29, 0.717) is 6.42 Å². The molecule has 1 fully saturated rings. The smallest absolute Gasteiger partial charge is 0.252 e. The normalized spacial score (nSPS) is 23.5. The fourth-order valence-electron chi connectivity index (χ4n) is 2.21. The van der Waals surface area contributed by atoms with Crippen molar-refractivity contribution in [3.8, 4) is 0 Å². The Morgan fingerprint density at radius 3 is 2.80 bits per heavy atom. The van der Waals surface area contributed by atoms with E-state index in [-0.39, 0.29) is 35.5 Å². The van der Waals surface area contributed by atoms with Gasteiger partial charge in [0.1, 0.15) is 5.54 Å². The molecule has 0 saturated carbocycles. The van der Waals surface area contributed by atoms with Gasteiger partial charge in [-0.15, -0.1) is 0 Å². The standard InChI is InChI=1S/C14H16ClFN2O2/c1-3-14(2)13(20)18(8-7-11(19)17-14)10-6-4-5-9(15)12(10)16/h4-6H,3,7-8H2,1-2H3,(H,17,19). The molecule has 1 aliphatic heterocycles. The number of amides is 2. The predicted octanol–water partition coefficient (Wildman–Crippen LogP) is 2.50. The SMILES string of the molecule is CCC1(C)NC(=O)CCN(c2cccc(Cl)c2F)C1=O. The van der Waals surface area contributed by atoms with E-state index in [1.807, 2.05) is 0 Å². The summed E-state index contributed by atoms with van der Waals surface area (Å²) in [6, 6.07) is 4.49. The van der Waals surface area contributed by atoms with E-state index >= 15 is 0 Å². The summed E-state index contributed by atoms with van der Waals surface area (Å²) < 4.78 is 14.1. The molecule has 2 rings (SSSR count). The molecule has 0 aliphatic carbocycles. The van der Waals surface area contributed by atoms with E-state index in [9.17, 15) is 14.0 Å². The summed E-state index contributed by atoms with van der Waals surface area (Å²) in [5.41, 5.74) is -0.916. The Morgan fingerprint density at radius 2 is 2.15 bits per heavy atom. The Labute approximate surface area is 121 Å². The fraction of sp³-hybridized carbons (Fsp3) is 0.429. The van der Waals surface area contributed by atoms with Gasteiger partial charge in [-0.3, -0.25) is 9.59 Å². The number of carbonyl (C=O) groups is 2. The minimum absolute atomic E-state index is 0.0444. The third kappa shape index (κ3) is 2.50. The van der Waals surface area contributed by atoms with Crippen LogP contribution in [0.4, 0.5) is 10.1 Å². The fourth-order valence-corrected chi connectivity index (χ4v) is 2.38. The topological polar surface area (TPSA) is 49.4 Å². The first-order chi connectivity index (χ1) is 9.39. The Hall–Kier alpha value is -1.62. The third-order valence-electron chi connectivity index (χ3n) is 3.62. The van der Waals surface area contributed by atoms with Crippen molar-refractivity contribution in [2.45, 2.75) is 32.2 Å². The number of nitrogens with zero attached hydrogens (tertiary/aromatic N) is 1. The van der Waals surface area contributed by atoms with Gasteiger partial charge < -0.3 is 10.2 Å². The van der Waals surface area contributed by atoms with Gasteiger partial charge in [-0.05, 0) is 25.5 Å². The summed E-state index contributed by atoms with van der Waals surface area (Å²) in [4.78, 5) is 25.6. The van der Waals surface area contributed by atoms with Crippen LogP contribution in [0.15, 0.2) is 18.2 Å². The van der Waals surface area contributed by atoms with Crippen LogP contribution in [0.5, 0.6) is 0 Å². The predicted molar refractivity (Wildman–Crippen MR) is 75.2 cm³/mol. The van der Waals surface area contributed by atoms with E-state index < -0.39 is 11.4 Å². The van der Waals surface area contributed by atoms with Gasteiger partial charge in [-0.25, -0.2) is 4.39 Å². The van der Waals surface area contributed by atoms with Crippen LogP contribution in [-0.4, -0.2) is 23.9 Å². The lowest BCUT2D eigenvalue weighted by atomic mass is 9.97. The molecule has 1 aromatic carbocycles. The van der Waals surface area contributed by atoms with Gasteiger partial charge in [0.25, 0.3) is 5.91 Å². The molecule has 1 unspecified atom stereocenters. The van der Waals surface area contributed by atoms with E-state index in [1.165, 1.54) is 17.0 Å². The van der Waals surface area contributed by atoms with Crippen LogP contribution in [-0.2, 0) is 9.59 Å².